The van der Waals surface area contributed by atoms with Crippen molar-refractivity contribution in [3.63, 3.8) is 0 Å². The lowest BCUT2D eigenvalue weighted by atomic mass is 10.2. The Kier molecular flexibility index (Phi) is 5.30. The van der Waals surface area contributed by atoms with Gasteiger partial charge in [-0.3, -0.25) is 0 Å². The van der Waals surface area contributed by atoms with Gasteiger partial charge in [0, 0.05) is 0 Å². The van der Waals surface area contributed by atoms with Gasteiger partial charge in [0.1, 0.15) is 6.61 Å². The van der Waals surface area contributed by atoms with E-state index in [1.54, 1.807) is 30.3 Å². The van der Waals surface area contributed by atoms with Crippen LogP contribution in [0.3, 0.4) is 0 Å². The number of rotatable bonds is 7. The average Bonchev–Trinajstić information content (AvgIpc) is 3.28. The normalized spacial score (nSPS) is 16.8. The Morgan fingerprint density at radius 3 is 2.35 bits per heavy atom. The molecule has 1 aromatic carbocycles. The molecule has 0 saturated heterocycles. The van der Waals surface area contributed by atoms with Gasteiger partial charge in [0.25, 0.3) is 0 Å². The quantitative estimate of drug-likeness (QED) is 0.429. The van der Waals surface area contributed by atoms with Gasteiger partial charge in [-0.25, -0.2) is 8.98 Å². The third-order valence-corrected chi connectivity index (χ3v) is 4.31. The molecule has 1 atom stereocenters. The van der Waals surface area contributed by atoms with Crippen LogP contribution in [0.5, 0.6) is 0 Å². The third-order valence-electron chi connectivity index (χ3n) is 3.26. The van der Waals surface area contributed by atoms with Crippen molar-refractivity contribution in [3.8, 4) is 0 Å². The highest BCUT2D eigenvalue weighted by molar-refractivity contribution is 7.87. The van der Waals surface area contributed by atoms with Crippen LogP contribution in [-0.2, 0) is 30.4 Å². The molecule has 0 heterocycles. The number of alkyl halides is 3. The maximum atomic E-state index is 12.4. The molecular weight excluding hydrogens is 337 g/mol. The summed E-state index contributed by atoms with van der Waals surface area (Å²) >= 11 is 0. The van der Waals surface area contributed by atoms with Crippen molar-refractivity contribution in [3.05, 3.63) is 35.9 Å². The number of carbonyl (C=O) groups is 1. The molecule has 0 unspecified atom stereocenters. The summed E-state index contributed by atoms with van der Waals surface area (Å²) in [6, 6.07) is 8.48. The fraction of sp³-hybridized carbons (Fsp3) is 0.500. The lowest BCUT2D eigenvalue weighted by Crippen LogP contribution is -2.35. The summed E-state index contributed by atoms with van der Waals surface area (Å²) in [5, 5.41) is 0. The third kappa shape index (κ3) is 5.21. The topological polar surface area (TPSA) is 69.7 Å². The summed E-state index contributed by atoms with van der Waals surface area (Å²) in [6.45, 7) is -0.170. The molecule has 0 radical (unpaired) electrons. The van der Waals surface area contributed by atoms with Crippen LogP contribution in [0, 0.1) is 5.92 Å². The maximum Gasteiger partial charge on any atom is 0.523 e. The van der Waals surface area contributed by atoms with Crippen molar-refractivity contribution in [2.24, 2.45) is 5.92 Å². The van der Waals surface area contributed by atoms with E-state index in [2.05, 4.69) is 4.18 Å². The number of esters is 1. The van der Waals surface area contributed by atoms with E-state index in [1.807, 2.05) is 0 Å². The van der Waals surface area contributed by atoms with Crippen molar-refractivity contribution >= 4 is 16.1 Å². The first-order valence-electron chi connectivity index (χ1n) is 6.89. The minimum atomic E-state index is -5.84. The average molecular weight is 352 g/mol. The first kappa shape index (κ1) is 17.7. The van der Waals surface area contributed by atoms with Crippen LogP contribution < -0.4 is 0 Å². The number of hydrogen-bond acceptors (Lipinski definition) is 5. The molecule has 9 heteroatoms. The van der Waals surface area contributed by atoms with Crippen LogP contribution in [-0.4, -0.2) is 26.0 Å². The minimum Gasteiger partial charge on any atom is -0.459 e. The van der Waals surface area contributed by atoms with E-state index >= 15 is 0 Å². The summed E-state index contributed by atoms with van der Waals surface area (Å²) < 4.78 is 68.3. The van der Waals surface area contributed by atoms with Crippen LogP contribution in [0.1, 0.15) is 24.8 Å². The Balaban J connectivity index is 2.01. The highest BCUT2D eigenvalue weighted by atomic mass is 32.2. The van der Waals surface area contributed by atoms with Gasteiger partial charge >= 0.3 is 21.6 Å². The maximum absolute atomic E-state index is 12.4. The van der Waals surface area contributed by atoms with Gasteiger partial charge in [0.15, 0.2) is 6.10 Å². The van der Waals surface area contributed by atoms with Crippen LogP contribution in [0.4, 0.5) is 13.2 Å². The first-order chi connectivity index (χ1) is 10.7. The van der Waals surface area contributed by atoms with Crippen LogP contribution in [0.25, 0.3) is 0 Å². The number of benzene rings is 1. The molecule has 1 fully saturated rings. The molecule has 1 saturated carbocycles. The van der Waals surface area contributed by atoms with Crippen molar-refractivity contribution in [1.82, 2.24) is 0 Å². The molecule has 0 amide bonds. The molecule has 0 aromatic heterocycles. The van der Waals surface area contributed by atoms with Crippen LogP contribution in [0.2, 0.25) is 0 Å². The summed E-state index contributed by atoms with van der Waals surface area (Å²) in [6.07, 6.45) is -0.448. The smallest absolute Gasteiger partial charge is 0.459 e. The van der Waals surface area contributed by atoms with Gasteiger partial charge < -0.3 is 4.74 Å². The van der Waals surface area contributed by atoms with Crippen molar-refractivity contribution < 1.29 is 35.3 Å². The van der Waals surface area contributed by atoms with Gasteiger partial charge in [0.05, 0.1) is 0 Å². The molecule has 1 aliphatic rings. The van der Waals surface area contributed by atoms with Gasteiger partial charge in [-0.05, 0) is 17.9 Å². The Labute approximate surface area is 131 Å². The molecule has 1 aliphatic carbocycles. The van der Waals surface area contributed by atoms with E-state index in [0.717, 1.165) is 12.8 Å². The fourth-order valence-electron chi connectivity index (χ4n) is 1.86. The van der Waals surface area contributed by atoms with E-state index < -0.39 is 27.7 Å². The second-order valence-corrected chi connectivity index (χ2v) is 6.82. The van der Waals surface area contributed by atoms with E-state index in [9.17, 15) is 26.4 Å². The molecule has 2 rings (SSSR count). The van der Waals surface area contributed by atoms with Gasteiger partial charge in [-0.1, -0.05) is 43.2 Å². The standard InChI is InChI=1S/C14H15F3O5S/c15-14(16,17)23(19,20)22-12(8-10-6-7-10)13(18)21-9-11-4-2-1-3-5-11/h1-5,10,12H,6-9H2/t12-/m1/s1. The highest BCUT2D eigenvalue weighted by Gasteiger charge is 2.50. The van der Waals surface area contributed by atoms with Gasteiger partial charge in [0.2, 0.25) is 0 Å². The Bertz CT molecular complexity index is 638. The number of carbonyl (C=O) groups excluding carboxylic acids is 1. The largest absolute Gasteiger partial charge is 0.523 e. The van der Waals surface area contributed by atoms with Gasteiger partial charge in [-0.2, -0.15) is 21.6 Å². The van der Waals surface area contributed by atoms with E-state index in [0.29, 0.717) is 5.56 Å². The second kappa shape index (κ2) is 6.88. The highest BCUT2D eigenvalue weighted by Crippen LogP contribution is 2.36. The van der Waals surface area contributed by atoms with Gasteiger partial charge in [-0.15, -0.1) is 0 Å². The molecule has 23 heavy (non-hydrogen) atoms. The Morgan fingerprint density at radius 2 is 1.83 bits per heavy atom. The zero-order valence-electron chi connectivity index (χ0n) is 12.0. The number of ether oxygens (including phenoxy) is 1. The fourth-order valence-corrected chi connectivity index (χ4v) is 2.43. The Hall–Kier alpha value is -1.61. The Morgan fingerprint density at radius 1 is 1.22 bits per heavy atom. The second-order valence-electron chi connectivity index (χ2n) is 5.26. The molecule has 1 aromatic rings. The summed E-state index contributed by atoms with van der Waals surface area (Å²) in [7, 11) is -5.84. The first-order valence-corrected chi connectivity index (χ1v) is 8.30. The lowest BCUT2D eigenvalue weighted by Gasteiger charge is -2.17. The number of hydrogen-bond donors (Lipinski definition) is 0. The van der Waals surface area contributed by atoms with Crippen molar-refractivity contribution in [2.75, 3.05) is 0 Å². The molecule has 0 N–H and O–H groups in total. The van der Waals surface area contributed by atoms with Crippen molar-refractivity contribution in [1.29, 1.82) is 0 Å². The predicted octanol–water partition coefficient (Wildman–Crippen LogP) is 2.76. The van der Waals surface area contributed by atoms with Crippen LogP contribution >= 0.6 is 0 Å². The molecule has 0 spiro atoms. The summed E-state index contributed by atoms with van der Waals surface area (Å²) in [4.78, 5) is 11.9. The van der Waals surface area contributed by atoms with Crippen LogP contribution in [0.15, 0.2) is 30.3 Å². The number of halogens is 3. The molecule has 0 bridgehead atoms. The molecular formula is C14H15F3O5S. The summed E-state index contributed by atoms with van der Waals surface area (Å²) in [5.41, 5.74) is -4.95. The SMILES string of the molecule is O=C(OCc1ccccc1)[C@@H](CC1CC1)OS(=O)(=O)C(F)(F)F. The lowest BCUT2D eigenvalue weighted by molar-refractivity contribution is -0.154. The molecule has 0 aliphatic heterocycles. The zero-order valence-corrected chi connectivity index (χ0v) is 12.8. The summed E-state index contributed by atoms with van der Waals surface area (Å²) in [5.74, 6) is -1.14. The van der Waals surface area contributed by atoms with E-state index in [-0.39, 0.29) is 18.9 Å². The van der Waals surface area contributed by atoms with Crippen molar-refractivity contribution in [2.45, 2.75) is 37.5 Å². The minimum absolute atomic E-state index is 0.0206. The van der Waals surface area contributed by atoms with E-state index in [1.165, 1.54) is 0 Å². The monoisotopic (exact) mass is 352 g/mol. The zero-order chi connectivity index (χ0) is 17.1. The molecule has 5 nitrogen and oxygen atoms in total. The van der Waals surface area contributed by atoms with E-state index in [4.69, 9.17) is 4.74 Å². The predicted molar refractivity (Wildman–Crippen MR) is 73.4 cm³/mol. The molecule has 128 valence electrons.